The van der Waals surface area contributed by atoms with Crippen molar-refractivity contribution in [2.24, 2.45) is 12.8 Å². The van der Waals surface area contributed by atoms with Gasteiger partial charge >= 0.3 is 0 Å². The van der Waals surface area contributed by atoms with E-state index >= 15 is 0 Å². The molecular formula is C11H20BrN3. The Morgan fingerprint density at radius 1 is 1.47 bits per heavy atom. The maximum atomic E-state index is 6.17. The lowest BCUT2D eigenvalue weighted by atomic mass is 9.94. The van der Waals surface area contributed by atoms with E-state index in [1.807, 2.05) is 11.7 Å². The third-order valence-corrected chi connectivity index (χ3v) is 3.80. The normalized spacial score (nSPS) is 15.3. The number of nitrogens with two attached hydrogens (primary N) is 1. The Kier molecular flexibility index (Phi) is 3.95. The number of halogens is 1. The topological polar surface area (TPSA) is 43.8 Å². The summed E-state index contributed by atoms with van der Waals surface area (Å²) in [4.78, 5) is 0. The molecule has 0 aliphatic carbocycles. The van der Waals surface area contributed by atoms with Crippen LogP contribution >= 0.6 is 15.9 Å². The fourth-order valence-electron chi connectivity index (χ4n) is 1.52. The predicted molar refractivity (Wildman–Crippen MR) is 66.9 cm³/mol. The molecule has 86 valence electrons. The van der Waals surface area contributed by atoms with Crippen LogP contribution in [0.25, 0.3) is 0 Å². The van der Waals surface area contributed by atoms with Gasteiger partial charge in [0.2, 0.25) is 0 Å². The first kappa shape index (κ1) is 12.7. The average molecular weight is 274 g/mol. The molecule has 1 unspecified atom stereocenters. The molecule has 1 aromatic heterocycles. The molecule has 0 spiro atoms. The summed E-state index contributed by atoms with van der Waals surface area (Å²) in [6.45, 7) is 6.31. The van der Waals surface area contributed by atoms with Crippen molar-refractivity contribution < 1.29 is 0 Å². The van der Waals surface area contributed by atoms with Crippen molar-refractivity contribution in [1.29, 1.82) is 0 Å². The molecule has 0 saturated carbocycles. The molecule has 3 nitrogen and oxygen atoms in total. The molecule has 0 aliphatic heterocycles. The molecule has 0 radical (unpaired) electrons. The minimum absolute atomic E-state index is 0.151. The van der Waals surface area contributed by atoms with E-state index in [4.69, 9.17) is 5.73 Å². The third kappa shape index (κ3) is 2.82. The van der Waals surface area contributed by atoms with Crippen LogP contribution in [0.3, 0.4) is 0 Å². The van der Waals surface area contributed by atoms with Crippen molar-refractivity contribution in [3.63, 3.8) is 0 Å². The van der Waals surface area contributed by atoms with Crippen molar-refractivity contribution in [2.45, 2.75) is 45.6 Å². The van der Waals surface area contributed by atoms with Gasteiger partial charge in [0.15, 0.2) is 0 Å². The summed E-state index contributed by atoms with van der Waals surface area (Å²) in [5, 5.41) is 4.46. The minimum Gasteiger partial charge on any atom is -0.325 e. The van der Waals surface area contributed by atoms with E-state index in [0.717, 1.165) is 29.4 Å². The van der Waals surface area contributed by atoms with Crippen LogP contribution in [-0.4, -0.2) is 15.3 Å². The predicted octanol–water partition coefficient (Wildman–Crippen LogP) is 2.41. The van der Waals surface area contributed by atoms with E-state index in [0.29, 0.717) is 0 Å². The largest absolute Gasteiger partial charge is 0.325 e. The van der Waals surface area contributed by atoms with Crippen molar-refractivity contribution in [3.8, 4) is 0 Å². The molecule has 1 atom stereocenters. The van der Waals surface area contributed by atoms with E-state index in [9.17, 15) is 0 Å². The van der Waals surface area contributed by atoms with E-state index in [1.165, 1.54) is 5.69 Å². The Morgan fingerprint density at radius 2 is 2.07 bits per heavy atom. The van der Waals surface area contributed by atoms with Gasteiger partial charge in [0, 0.05) is 19.0 Å². The zero-order chi connectivity index (χ0) is 11.6. The van der Waals surface area contributed by atoms with Gasteiger partial charge in [0.05, 0.1) is 15.9 Å². The van der Waals surface area contributed by atoms with E-state index in [2.05, 4.69) is 41.8 Å². The molecule has 4 heteroatoms. The number of aryl methyl sites for hydroxylation is 2. The van der Waals surface area contributed by atoms with Crippen LogP contribution in [0.4, 0.5) is 0 Å². The Hall–Kier alpha value is -0.350. The van der Waals surface area contributed by atoms with Crippen LogP contribution in [-0.2, 0) is 19.9 Å². The summed E-state index contributed by atoms with van der Waals surface area (Å²) >= 11 is 3.61. The summed E-state index contributed by atoms with van der Waals surface area (Å²) in [6, 6.07) is 0. The molecular weight excluding hydrogens is 254 g/mol. The van der Waals surface area contributed by atoms with Crippen molar-refractivity contribution in [2.75, 3.05) is 0 Å². The molecule has 0 fully saturated rings. The second-order valence-corrected chi connectivity index (χ2v) is 5.16. The Labute approximate surface area is 100 Å². The molecule has 0 saturated heterocycles. The lowest BCUT2D eigenvalue weighted by Crippen LogP contribution is -2.38. The van der Waals surface area contributed by atoms with Crippen molar-refractivity contribution >= 4 is 15.9 Å². The molecule has 0 amide bonds. The molecule has 0 aliphatic rings. The van der Waals surface area contributed by atoms with Gasteiger partial charge < -0.3 is 5.73 Å². The number of hydrogen-bond donors (Lipinski definition) is 1. The molecule has 15 heavy (non-hydrogen) atoms. The maximum absolute atomic E-state index is 6.17. The highest BCUT2D eigenvalue weighted by atomic mass is 79.9. The van der Waals surface area contributed by atoms with Crippen LogP contribution in [0.5, 0.6) is 0 Å². The highest BCUT2D eigenvalue weighted by Crippen LogP contribution is 2.25. The molecule has 1 rings (SSSR count). The Balaban J connectivity index is 2.99. The first-order chi connectivity index (χ1) is 6.91. The van der Waals surface area contributed by atoms with Crippen LogP contribution in [0.1, 0.15) is 38.6 Å². The van der Waals surface area contributed by atoms with Gasteiger partial charge in [-0.25, -0.2) is 0 Å². The fraction of sp³-hybridized carbons (Fsp3) is 0.727. The number of aromatic nitrogens is 2. The molecule has 1 aromatic rings. The van der Waals surface area contributed by atoms with E-state index < -0.39 is 0 Å². The smallest absolute Gasteiger partial charge is 0.0766 e. The lowest BCUT2D eigenvalue weighted by Gasteiger charge is -2.22. The summed E-state index contributed by atoms with van der Waals surface area (Å²) in [6.07, 6.45) is 2.77. The SMILES string of the molecule is CCc1nn(C)c(CC(C)(N)CC)c1Br. The molecule has 0 bridgehead atoms. The highest BCUT2D eigenvalue weighted by molar-refractivity contribution is 9.10. The molecule has 2 N–H and O–H groups in total. The monoisotopic (exact) mass is 273 g/mol. The van der Waals surface area contributed by atoms with Crippen LogP contribution in [0, 0.1) is 0 Å². The maximum Gasteiger partial charge on any atom is 0.0766 e. The number of nitrogens with zero attached hydrogens (tertiary/aromatic N) is 2. The first-order valence-corrected chi connectivity index (χ1v) is 6.19. The van der Waals surface area contributed by atoms with Gasteiger partial charge in [0.25, 0.3) is 0 Å². The Morgan fingerprint density at radius 3 is 2.47 bits per heavy atom. The molecule has 0 aromatic carbocycles. The van der Waals surface area contributed by atoms with Gasteiger partial charge in [-0.05, 0) is 35.7 Å². The third-order valence-electron chi connectivity index (χ3n) is 2.88. The minimum atomic E-state index is -0.151. The zero-order valence-corrected chi connectivity index (χ0v) is 11.6. The standard InChI is InChI=1S/C11H20BrN3/c1-5-8-10(12)9(15(4)14-8)7-11(3,13)6-2/h5-7,13H2,1-4H3. The van der Waals surface area contributed by atoms with Crippen LogP contribution in [0.15, 0.2) is 4.47 Å². The van der Waals surface area contributed by atoms with Gasteiger partial charge in [-0.3, -0.25) is 4.68 Å². The number of rotatable bonds is 4. The van der Waals surface area contributed by atoms with Crippen molar-refractivity contribution in [3.05, 3.63) is 15.9 Å². The van der Waals surface area contributed by atoms with Gasteiger partial charge in [0.1, 0.15) is 0 Å². The van der Waals surface area contributed by atoms with Gasteiger partial charge in [-0.2, -0.15) is 5.10 Å². The molecule has 1 heterocycles. The summed E-state index contributed by atoms with van der Waals surface area (Å²) in [7, 11) is 1.98. The highest BCUT2D eigenvalue weighted by Gasteiger charge is 2.22. The van der Waals surface area contributed by atoms with Crippen LogP contribution < -0.4 is 5.73 Å². The summed E-state index contributed by atoms with van der Waals surface area (Å²) in [5.41, 5.74) is 8.33. The lowest BCUT2D eigenvalue weighted by molar-refractivity contribution is 0.435. The zero-order valence-electron chi connectivity index (χ0n) is 9.97. The summed E-state index contributed by atoms with van der Waals surface area (Å²) < 4.78 is 3.06. The first-order valence-electron chi connectivity index (χ1n) is 5.40. The Bertz CT molecular complexity index is 342. The average Bonchev–Trinajstić information content (AvgIpc) is 2.45. The number of hydrogen-bond acceptors (Lipinski definition) is 2. The summed E-state index contributed by atoms with van der Waals surface area (Å²) in [5.74, 6) is 0. The second kappa shape index (κ2) is 4.66. The van der Waals surface area contributed by atoms with E-state index in [1.54, 1.807) is 0 Å². The van der Waals surface area contributed by atoms with Crippen molar-refractivity contribution in [1.82, 2.24) is 9.78 Å². The van der Waals surface area contributed by atoms with Crippen LogP contribution in [0.2, 0.25) is 0 Å². The van der Waals surface area contributed by atoms with Gasteiger partial charge in [-0.1, -0.05) is 13.8 Å². The fourth-order valence-corrected chi connectivity index (χ4v) is 2.28. The van der Waals surface area contributed by atoms with Gasteiger partial charge in [-0.15, -0.1) is 0 Å². The van der Waals surface area contributed by atoms with E-state index in [-0.39, 0.29) is 5.54 Å². The quantitative estimate of drug-likeness (QED) is 0.916. The second-order valence-electron chi connectivity index (χ2n) is 4.37.